The number of aromatic carboxylic acids is 1. The van der Waals surface area contributed by atoms with Crippen LogP contribution in [-0.2, 0) is 6.54 Å². The van der Waals surface area contributed by atoms with Crippen molar-refractivity contribution in [3.8, 4) is 10.6 Å². The van der Waals surface area contributed by atoms with E-state index in [1.165, 1.54) is 29.0 Å². The topological polar surface area (TPSA) is 91.6 Å². The second kappa shape index (κ2) is 8.14. The number of hydrogen-bond donors (Lipinski definition) is 1. The van der Waals surface area contributed by atoms with Gasteiger partial charge in [0, 0.05) is 56.1 Å². The van der Waals surface area contributed by atoms with E-state index in [2.05, 4.69) is 40.1 Å². The molecular formula is C20H21N5O3S. The number of amides is 1. The number of carbonyl (C=O) groups is 2. The van der Waals surface area contributed by atoms with Crippen molar-refractivity contribution >= 4 is 23.3 Å². The van der Waals surface area contributed by atoms with Gasteiger partial charge in [-0.3, -0.25) is 4.90 Å². The predicted molar refractivity (Wildman–Crippen MR) is 109 cm³/mol. The van der Waals surface area contributed by atoms with Gasteiger partial charge in [0.2, 0.25) is 0 Å². The minimum Gasteiger partial charge on any atom is -0.476 e. The molecular weight excluding hydrogens is 390 g/mol. The summed E-state index contributed by atoms with van der Waals surface area (Å²) in [5.41, 5.74) is 3.46. The molecule has 0 bridgehead atoms. The van der Waals surface area contributed by atoms with Crippen molar-refractivity contribution in [1.29, 1.82) is 0 Å². The van der Waals surface area contributed by atoms with Crippen LogP contribution < -0.4 is 0 Å². The lowest BCUT2D eigenvalue weighted by Crippen LogP contribution is -2.49. The molecule has 3 aromatic rings. The quantitative estimate of drug-likeness (QED) is 0.710. The highest BCUT2D eigenvalue weighted by Gasteiger charge is 2.23. The third-order valence-corrected chi connectivity index (χ3v) is 5.82. The van der Waals surface area contributed by atoms with E-state index < -0.39 is 5.97 Å². The number of hydrogen-bond acceptors (Lipinski definition) is 6. The number of aromatic nitrogens is 3. The van der Waals surface area contributed by atoms with Crippen LogP contribution in [0.15, 0.2) is 42.0 Å². The van der Waals surface area contributed by atoms with Crippen LogP contribution in [0.2, 0.25) is 0 Å². The van der Waals surface area contributed by atoms with Crippen molar-refractivity contribution in [2.75, 3.05) is 26.2 Å². The minimum atomic E-state index is -1.14. The highest BCUT2D eigenvalue weighted by atomic mass is 32.1. The number of nitrogens with zero attached hydrogens (tertiary/aromatic N) is 5. The molecule has 8 nitrogen and oxygen atoms in total. The molecule has 0 radical (unpaired) electrons. The predicted octanol–water partition coefficient (Wildman–Crippen LogP) is 2.80. The monoisotopic (exact) mass is 411 g/mol. The van der Waals surface area contributed by atoms with Gasteiger partial charge in [0.15, 0.2) is 5.69 Å². The van der Waals surface area contributed by atoms with Gasteiger partial charge in [0.1, 0.15) is 5.01 Å². The highest BCUT2D eigenvalue weighted by molar-refractivity contribution is 7.13. The normalized spacial score (nSPS) is 14.9. The molecule has 1 aromatic carbocycles. The van der Waals surface area contributed by atoms with Gasteiger partial charge < -0.3 is 10.0 Å². The summed E-state index contributed by atoms with van der Waals surface area (Å²) in [4.78, 5) is 31.9. The zero-order chi connectivity index (χ0) is 20.4. The van der Waals surface area contributed by atoms with Crippen LogP contribution in [0.25, 0.3) is 10.6 Å². The van der Waals surface area contributed by atoms with Crippen molar-refractivity contribution in [3.63, 3.8) is 0 Å². The Morgan fingerprint density at radius 1 is 1.17 bits per heavy atom. The van der Waals surface area contributed by atoms with Gasteiger partial charge in [0.25, 0.3) is 0 Å². The maximum absolute atomic E-state index is 12.5. The van der Waals surface area contributed by atoms with Crippen LogP contribution in [-0.4, -0.2) is 67.9 Å². The third-order valence-electron chi connectivity index (χ3n) is 5.02. The number of carboxylic acids is 1. The summed E-state index contributed by atoms with van der Waals surface area (Å²) in [5, 5.41) is 15.8. The number of thiazole rings is 1. The number of carboxylic acid groups (broad SMARTS) is 1. The minimum absolute atomic E-state index is 0.132. The molecule has 0 atom stereocenters. The molecule has 0 saturated carbocycles. The summed E-state index contributed by atoms with van der Waals surface area (Å²) in [5.74, 6) is -1.14. The SMILES string of the molecule is Cc1ccc(CN2CCN(C(=O)n3ccc(C(=O)O)n3)CC2)cc1-c1nccs1. The number of carbonyl (C=O) groups excluding carboxylic acids is 1. The summed E-state index contributed by atoms with van der Waals surface area (Å²) >= 11 is 1.64. The summed E-state index contributed by atoms with van der Waals surface area (Å²) in [6, 6.07) is 7.50. The van der Waals surface area contributed by atoms with Crippen molar-refractivity contribution in [3.05, 3.63) is 58.9 Å². The molecule has 2 aromatic heterocycles. The lowest BCUT2D eigenvalue weighted by molar-refractivity contribution is 0.0689. The molecule has 1 saturated heterocycles. The molecule has 3 heterocycles. The number of benzene rings is 1. The first-order chi connectivity index (χ1) is 14.0. The van der Waals surface area contributed by atoms with E-state index in [1.54, 1.807) is 16.2 Å². The molecule has 150 valence electrons. The fourth-order valence-corrected chi connectivity index (χ4v) is 4.12. The Labute approximate surface area is 172 Å². The summed E-state index contributed by atoms with van der Waals surface area (Å²) < 4.78 is 1.10. The van der Waals surface area contributed by atoms with Gasteiger partial charge in [-0.25, -0.2) is 14.6 Å². The van der Waals surface area contributed by atoms with Crippen molar-refractivity contribution in [2.45, 2.75) is 13.5 Å². The molecule has 0 unspecified atom stereocenters. The molecule has 29 heavy (non-hydrogen) atoms. The zero-order valence-corrected chi connectivity index (χ0v) is 16.8. The first-order valence-electron chi connectivity index (χ1n) is 9.31. The average molecular weight is 411 g/mol. The number of piperazine rings is 1. The molecule has 1 aliphatic rings. The Hall–Kier alpha value is -3.04. The maximum atomic E-state index is 12.5. The summed E-state index contributed by atoms with van der Waals surface area (Å²) in [6.07, 6.45) is 3.21. The second-order valence-corrected chi connectivity index (χ2v) is 7.88. The van der Waals surface area contributed by atoms with Crippen LogP contribution in [0.3, 0.4) is 0 Å². The molecule has 1 aliphatic heterocycles. The molecule has 1 N–H and O–H groups in total. The van der Waals surface area contributed by atoms with Crippen LogP contribution in [0.4, 0.5) is 4.79 Å². The third kappa shape index (κ3) is 4.20. The highest BCUT2D eigenvalue weighted by Crippen LogP contribution is 2.27. The number of rotatable bonds is 4. The van der Waals surface area contributed by atoms with Gasteiger partial charge >= 0.3 is 12.0 Å². The lowest BCUT2D eigenvalue weighted by atomic mass is 10.0. The van der Waals surface area contributed by atoms with E-state index in [-0.39, 0.29) is 11.7 Å². The Morgan fingerprint density at radius 2 is 1.97 bits per heavy atom. The smallest absolute Gasteiger partial charge is 0.356 e. The van der Waals surface area contributed by atoms with E-state index >= 15 is 0 Å². The van der Waals surface area contributed by atoms with Crippen molar-refractivity contribution < 1.29 is 14.7 Å². The van der Waals surface area contributed by atoms with E-state index in [9.17, 15) is 9.59 Å². The van der Waals surface area contributed by atoms with Gasteiger partial charge in [-0.05, 0) is 30.2 Å². The van der Waals surface area contributed by atoms with Gasteiger partial charge in [-0.15, -0.1) is 11.3 Å². The molecule has 9 heteroatoms. The Bertz CT molecular complexity index is 1020. The zero-order valence-electron chi connectivity index (χ0n) is 16.0. The Kier molecular flexibility index (Phi) is 5.41. The first kappa shape index (κ1) is 19.3. The molecule has 0 aliphatic carbocycles. The first-order valence-corrected chi connectivity index (χ1v) is 10.2. The van der Waals surface area contributed by atoms with E-state index in [1.807, 2.05) is 11.6 Å². The molecule has 1 amide bonds. The lowest BCUT2D eigenvalue weighted by Gasteiger charge is -2.34. The summed E-state index contributed by atoms with van der Waals surface area (Å²) in [7, 11) is 0. The summed E-state index contributed by atoms with van der Waals surface area (Å²) in [6.45, 7) is 5.55. The number of aryl methyl sites for hydroxylation is 1. The van der Waals surface area contributed by atoms with Crippen LogP contribution in [0.1, 0.15) is 21.6 Å². The van der Waals surface area contributed by atoms with E-state index in [0.717, 1.165) is 29.3 Å². The second-order valence-electron chi connectivity index (χ2n) is 6.98. The fraction of sp³-hybridized carbons (Fsp3) is 0.300. The van der Waals surface area contributed by atoms with Crippen molar-refractivity contribution in [2.24, 2.45) is 0 Å². The standard InChI is InChI=1S/C20H21N5O3S/c1-14-2-3-15(12-16(14)18-21-5-11-29-18)13-23-7-9-24(10-8-23)20(28)25-6-4-17(22-25)19(26)27/h2-6,11-12H,7-10,13H2,1H3,(H,26,27). The van der Waals surface area contributed by atoms with Gasteiger partial charge in [-0.1, -0.05) is 12.1 Å². The van der Waals surface area contributed by atoms with Crippen LogP contribution >= 0.6 is 11.3 Å². The molecule has 1 fully saturated rings. The average Bonchev–Trinajstić information content (AvgIpc) is 3.42. The Balaban J connectivity index is 1.37. The van der Waals surface area contributed by atoms with Gasteiger partial charge in [-0.2, -0.15) is 9.78 Å². The van der Waals surface area contributed by atoms with E-state index in [4.69, 9.17) is 5.11 Å². The largest absolute Gasteiger partial charge is 0.476 e. The molecule has 0 spiro atoms. The maximum Gasteiger partial charge on any atom is 0.356 e. The Morgan fingerprint density at radius 3 is 2.62 bits per heavy atom. The van der Waals surface area contributed by atoms with Crippen LogP contribution in [0, 0.1) is 6.92 Å². The van der Waals surface area contributed by atoms with E-state index in [0.29, 0.717) is 13.1 Å². The van der Waals surface area contributed by atoms with Crippen LogP contribution in [0.5, 0.6) is 0 Å². The fourth-order valence-electron chi connectivity index (χ4n) is 3.40. The van der Waals surface area contributed by atoms with Gasteiger partial charge in [0.05, 0.1) is 0 Å². The van der Waals surface area contributed by atoms with Crippen molar-refractivity contribution in [1.82, 2.24) is 24.6 Å². The molecule has 4 rings (SSSR count).